The molecule has 0 spiro atoms. The molecule has 0 saturated carbocycles. The number of imidazole rings is 1. The van der Waals surface area contributed by atoms with Crippen molar-refractivity contribution >= 4 is 40.9 Å². The minimum absolute atomic E-state index is 0.323. The molecular formula is C22H22ClN6O2+. The Hall–Kier alpha value is -3.49. The summed E-state index contributed by atoms with van der Waals surface area (Å²) in [6, 6.07) is 12.7. The molecule has 1 aliphatic heterocycles. The Balaban J connectivity index is 1.40. The van der Waals surface area contributed by atoms with E-state index in [1.54, 1.807) is 24.3 Å². The molecule has 0 unspecified atom stereocenters. The van der Waals surface area contributed by atoms with Gasteiger partial charge in [0.2, 0.25) is 5.71 Å². The second kappa shape index (κ2) is 9.55. The van der Waals surface area contributed by atoms with Crippen molar-refractivity contribution in [2.45, 2.75) is 0 Å². The molecule has 1 amide bonds. The first-order valence-electron chi connectivity index (χ1n) is 9.81. The van der Waals surface area contributed by atoms with Crippen LogP contribution in [-0.4, -0.2) is 52.9 Å². The summed E-state index contributed by atoms with van der Waals surface area (Å²) in [5, 5.41) is 9.45. The lowest BCUT2D eigenvalue weighted by atomic mass is 10.1. The average Bonchev–Trinajstić information content (AvgIpc) is 3.25. The number of carbonyl (C=O) groups is 1. The third-order valence-corrected chi connectivity index (χ3v) is 5.08. The van der Waals surface area contributed by atoms with E-state index in [9.17, 15) is 4.79 Å². The third kappa shape index (κ3) is 5.17. The normalized spacial score (nSPS) is 14.0. The van der Waals surface area contributed by atoms with Gasteiger partial charge in [0.25, 0.3) is 5.91 Å². The van der Waals surface area contributed by atoms with Gasteiger partial charge in [-0.2, -0.15) is 0 Å². The van der Waals surface area contributed by atoms with Crippen molar-refractivity contribution in [2.24, 2.45) is 0 Å². The molecule has 4 rings (SSSR count). The van der Waals surface area contributed by atoms with Gasteiger partial charge in [0.15, 0.2) is 0 Å². The van der Waals surface area contributed by atoms with Gasteiger partial charge in [-0.25, -0.2) is 9.97 Å². The van der Waals surface area contributed by atoms with Gasteiger partial charge in [-0.15, -0.1) is 0 Å². The smallest absolute Gasteiger partial charge is 0.275 e. The Morgan fingerprint density at radius 1 is 1.19 bits per heavy atom. The number of amides is 1. The van der Waals surface area contributed by atoms with E-state index < -0.39 is 0 Å². The third-order valence-electron chi connectivity index (χ3n) is 4.75. The molecule has 1 fully saturated rings. The molecule has 0 radical (unpaired) electrons. The molecule has 8 nitrogen and oxygen atoms in total. The molecule has 3 heterocycles. The van der Waals surface area contributed by atoms with Crippen molar-refractivity contribution in [1.29, 1.82) is 0 Å². The Morgan fingerprint density at radius 2 is 2.00 bits per heavy atom. The summed E-state index contributed by atoms with van der Waals surface area (Å²) in [5.41, 5.74) is 1.58. The van der Waals surface area contributed by atoms with Crippen molar-refractivity contribution in [3.63, 3.8) is 0 Å². The maximum Gasteiger partial charge on any atom is 0.275 e. The lowest BCUT2D eigenvalue weighted by Crippen LogP contribution is -2.39. The minimum atomic E-state index is -0.323. The lowest BCUT2D eigenvalue weighted by molar-refractivity contribution is -0.110. The minimum Gasteiger partial charge on any atom is -0.378 e. The molecule has 9 heteroatoms. The van der Waals surface area contributed by atoms with Crippen molar-refractivity contribution < 1.29 is 14.9 Å². The summed E-state index contributed by atoms with van der Waals surface area (Å²) in [6.07, 6.45) is 4.96. The van der Waals surface area contributed by atoms with E-state index in [2.05, 4.69) is 25.2 Å². The zero-order valence-electron chi connectivity index (χ0n) is 16.7. The highest BCUT2D eigenvalue weighted by Crippen LogP contribution is 2.16. The van der Waals surface area contributed by atoms with Crippen LogP contribution in [0.25, 0.3) is 6.08 Å². The number of pyridine rings is 1. The van der Waals surface area contributed by atoms with Crippen LogP contribution >= 0.6 is 11.6 Å². The van der Waals surface area contributed by atoms with Gasteiger partial charge in [-0.05, 0) is 30.3 Å². The zero-order chi connectivity index (χ0) is 21.6. The molecule has 2 aromatic heterocycles. The summed E-state index contributed by atoms with van der Waals surface area (Å²) in [7, 11) is 0. The number of aromatic amines is 1. The van der Waals surface area contributed by atoms with Crippen LogP contribution in [0.1, 0.15) is 21.9 Å². The number of nitrogens with one attached hydrogen (secondary N) is 2. The number of ether oxygens (including phenoxy) is 1. The quantitative estimate of drug-likeness (QED) is 0.509. The average molecular weight is 438 g/mol. The van der Waals surface area contributed by atoms with Crippen molar-refractivity contribution in [3.8, 4) is 0 Å². The number of allylic oxidation sites excluding steroid dienone is 1. The highest BCUT2D eigenvalue weighted by Gasteiger charge is 2.15. The second-order valence-electron chi connectivity index (χ2n) is 6.89. The number of halogens is 1. The van der Waals surface area contributed by atoms with E-state index >= 15 is 0 Å². The Bertz CT molecular complexity index is 1120. The standard InChI is InChI=1S/C22H21ClN6O2/c23-16-5-2-1-4-15(16)17(24)8-9-19-25-14-20(27-19)28-22(30)18-6-3-7-21(26-18)29-10-12-31-13-11-29/h1-9,14,24H,10-13H2,(H,25,27)(H,28,30)/p+1/b9-8-,24-17?. The molecule has 1 saturated heterocycles. The van der Waals surface area contributed by atoms with E-state index in [1.165, 1.54) is 6.20 Å². The summed E-state index contributed by atoms with van der Waals surface area (Å²) >= 11 is 6.16. The SMILES string of the molecule is [NH2+]=C(/C=C\c1ncc(NC(=O)c2cccc(N3CCOCC3)n2)[nH]1)c1ccccc1Cl. The molecule has 3 aromatic rings. The number of benzene rings is 1. The summed E-state index contributed by atoms with van der Waals surface area (Å²) in [4.78, 5) is 26.5. The van der Waals surface area contributed by atoms with Gasteiger partial charge < -0.3 is 19.9 Å². The zero-order valence-corrected chi connectivity index (χ0v) is 17.5. The number of rotatable bonds is 6. The fourth-order valence-corrected chi connectivity index (χ4v) is 3.39. The highest BCUT2D eigenvalue weighted by molar-refractivity contribution is 6.34. The maximum atomic E-state index is 12.6. The van der Waals surface area contributed by atoms with Crippen molar-refractivity contribution in [1.82, 2.24) is 15.0 Å². The highest BCUT2D eigenvalue weighted by atomic mass is 35.5. The van der Waals surface area contributed by atoms with E-state index in [4.69, 9.17) is 21.7 Å². The Morgan fingerprint density at radius 3 is 2.81 bits per heavy atom. The largest absolute Gasteiger partial charge is 0.378 e. The molecule has 1 aliphatic rings. The Kier molecular flexibility index (Phi) is 6.40. The molecule has 0 atom stereocenters. The number of morpholine rings is 1. The van der Waals surface area contributed by atoms with Crippen LogP contribution in [0.5, 0.6) is 0 Å². The number of aromatic nitrogens is 3. The molecule has 1 aromatic carbocycles. The van der Waals surface area contributed by atoms with E-state index in [0.717, 1.165) is 24.5 Å². The lowest BCUT2D eigenvalue weighted by Gasteiger charge is -2.27. The van der Waals surface area contributed by atoms with Crippen molar-refractivity contribution in [3.05, 3.63) is 76.8 Å². The number of nitrogens with two attached hydrogens (primary N) is 1. The Labute approximate surface area is 184 Å². The van der Waals surface area contributed by atoms with Gasteiger partial charge in [-0.3, -0.25) is 10.2 Å². The molecule has 0 bridgehead atoms. The summed E-state index contributed by atoms with van der Waals surface area (Å²) < 4.78 is 5.36. The number of nitrogens with zero attached hydrogens (tertiary/aromatic N) is 3. The fraction of sp³-hybridized carbons (Fsp3) is 0.182. The van der Waals surface area contributed by atoms with Gasteiger partial charge in [0.1, 0.15) is 23.2 Å². The first-order chi connectivity index (χ1) is 15.1. The van der Waals surface area contributed by atoms with Crippen LogP contribution in [0.3, 0.4) is 0 Å². The first kappa shape index (κ1) is 20.8. The molecular weight excluding hydrogens is 416 g/mol. The predicted octanol–water partition coefficient (Wildman–Crippen LogP) is 1.81. The summed E-state index contributed by atoms with van der Waals surface area (Å²) in [6.45, 7) is 2.81. The van der Waals surface area contributed by atoms with Crippen molar-refractivity contribution in [2.75, 3.05) is 36.5 Å². The number of carbonyl (C=O) groups excluding carboxylic acids is 1. The van der Waals surface area contributed by atoms with E-state index in [1.807, 2.05) is 30.3 Å². The van der Waals surface area contributed by atoms with E-state index in [0.29, 0.717) is 41.3 Å². The van der Waals surface area contributed by atoms with Gasteiger partial charge in [-0.1, -0.05) is 29.8 Å². The molecule has 4 N–H and O–H groups in total. The van der Waals surface area contributed by atoms with Crippen LogP contribution < -0.4 is 15.6 Å². The first-order valence-corrected chi connectivity index (χ1v) is 10.2. The van der Waals surface area contributed by atoms with Gasteiger partial charge in [0, 0.05) is 19.2 Å². The molecule has 0 aliphatic carbocycles. The van der Waals surface area contributed by atoms with Crippen LogP contribution in [0.15, 0.2) is 54.7 Å². The second-order valence-corrected chi connectivity index (χ2v) is 7.29. The number of H-pyrrole nitrogens is 1. The fourth-order valence-electron chi connectivity index (χ4n) is 3.14. The number of anilines is 2. The topological polar surface area (TPSA) is 109 Å². The van der Waals surface area contributed by atoms with E-state index in [-0.39, 0.29) is 5.91 Å². The molecule has 31 heavy (non-hydrogen) atoms. The maximum absolute atomic E-state index is 12.6. The van der Waals surface area contributed by atoms with Crippen LogP contribution in [0, 0.1) is 0 Å². The van der Waals surface area contributed by atoms with Crippen LogP contribution in [0.2, 0.25) is 5.02 Å². The number of hydrogen-bond acceptors (Lipinski definition) is 5. The number of hydrogen-bond donors (Lipinski definition) is 3. The molecule has 158 valence electrons. The monoisotopic (exact) mass is 437 g/mol. The predicted molar refractivity (Wildman–Crippen MR) is 120 cm³/mol. The van der Waals surface area contributed by atoms with Crippen LogP contribution in [-0.2, 0) is 4.74 Å². The summed E-state index contributed by atoms with van der Waals surface area (Å²) in [5.74, 6) is 1.44. The van der Waals surface area contributed by atoms with Gasteiger partial charge >= 0.3 is 0 Å². The van der Waals surface area contributed by atoms with Crippen LogP contribution in [0.4, 0.5) is 11.6 Å². The van der Waals surface area contributed by atoms with Gasteiger partial charge in [0.05, 0.1) is 30.0 Å².